The molecule has 1 N–H and O–H groups in total. The van der Waals surface area contributed by atoms with Crippen molar-refractivity contribution >= 4 is 0 Å². The fourth-order valence-corrected chi connectivity index (χ4v) is 3.45. The predicted octanol–water partition coefficient (Wildman–Crippen LogP) is 2.12. The molecule has 1 aliphatic heterocycles. The van der Waals surface area contributed by atoms with E-state index in [1.54, 1.807) is 22.9 Å². The third-order valence-electron chi connectivity index (χ3n) is 4.98. The van der Waals surface area contributed by atoms with Gasteiger partial charge in [-0.2, -0.15) is 5.10 Å². The average Bonchev–Trinajstić information content (AvgIpc) is 3.31. The third kappa shape index (κ3) is 4.07. The van der Waals surface area contributed by atoms with E-state index >= 15 is 0 Å². The Labute approximate surface area is 163 Å². The maximum Gasteiger partial charge on any atom is 0.155 e. The molecule has 2 aromatic heterocycles. The number of aryl methyl sites for hydroxylation is 1. The number of benzene rings is 1. The molecule has 3 heterocycles. The van der Waals surface area contributed by atoms with Gasteiger partial charge < -0.3 is 14.4 Å². The lowest BCUT2D eigenvalue weighted by Crippen LogP contribution is -2.35. The summed E-state index contributed by atoms with van der Waals surface area (Å²) < 4.78 is 22.3. The van der Waals surface area contributed by atoms with Gasteiger partial charge in [0, 0.05) is 39.1 Å². The lowest BCUT2D eigenvalue weighted by Gasteiger charge is -2.27. The molecule has 28 heavy (non-hydrogen) atoms. The quantitative estimate of drug-likeness (QED) is 0.631. The van der Waals surface area contributed by atoms with Gasteiger partial charge in [-0.15, -0.1) is 0 Å². The fraction of sp³-hybridized carbons (Fsp3) is 0.400. The van der Waals surface area contributed by atoms with E-state index in [2.05, 4.69) is 15.0 Å². The van der Waals surface area contributed by atoms with Gasteiger partial charge in [-0.05, 0) is 36.8 Å². The molecule has 3 aromatic rings. The van der Waals surface area contributed by atoms with E-state index in [0.29, 0.717) is 23.9 Å². The molecule has 0 bridgehead atoms. The maximum absolute atomic E-state index is 12.9. The Morgan fingerprint density at radius 2 is 2.07 bits per heavy atom. The molecule has 1 aliphatic rings. The summed E-state index contributed by atoms with van der Waals surface area (Å²) in [5.74, 6) is 1.01. The molecule has 1 aromatic carbocycles. The second kappa shape index (κ2) is 8.12. The number of rotatable bonds is 7. The van der Waals surface area contributed by atoms with Crippen LogP contribution in [0.5, 0.6) is 5.75 Å². The first-order chi connectivity index (χ1) is 13.6. The normalized spacial score (nSPS) is 15.4. The van der Waals surface area contributed by atoms with Crippen LogP contribution in [0.2, 0.25) is 0 Å². The Morgan fingerprint density at radius 1 is 1.25 bits per heavy atom. The molecule has 0 saturated carbocycles. The standard InChI is InChI=1S/C20H24FN5O2/c1-24-9-7-22-20(24)19(27)18-13-16-14-25(10-11-26(16)23-18)8-2-12-28-17-5-3-15(21)4-6-17/h3-7,9,13,19,27H,2,8,10-12,14H2,1H3/t19-/m0/s1. The zero-order chi connectivity index (χ0) is 19.5. The SMILES string of the molecule is Cn1ccnc1[C@@H](O)c1cc2n(n1)CCN(CCCOc1ccc(F)cc1)C2. The summed E-state index contributed by atoms with van der Waals surface area (Å²) in [7, 11) is 1.86. The number of hydrogen-bond donors (Lipinski definition) is 1. The molecule has 0 aliphatic carbocycles. The molecule has 7 nitrogen and oxygen atoms in total. The van der Waals surface area contributed by atoms with Crippen LogP contribution in [0, 0.1) is 5.82 Å². The van der Waals surface area contributed by atoms with Crippen LogP contribution < -0.4 is 4.74 Å². The van der Waals surface area contributed by atoms with Gasteiger partial charge in [0.15, 0.2) is 6.10 Å². The van der Waals surface area contributed by atoms with Gasteiger partial charge in [0.1, 0.15) is 17.4 Å². The highest BCUT2D eigenvalue weighted by Gasteiger charge is 2.23. The van der Waals surface area contributed by atoms with Crippen molar-refractivity contribution in [2.75, 3.05) is 19.7 Å². The topological polar surface area (TPSA) is 68.3 Å². The number of halogens is 1. The first kappa shape index (κ1) is 18.6. The molecule has 0 spiro atoms. The van der Waals surface area contributed by atoms with Crippen molar-refractivity contribution in [2.45, 2.75) is 25.6 Å². The number of aromatic nitrogens is 4. The van der Waals surface area contributed by atoms with E-state index in [9.17, 15) is 9.50 Å². The summed E-state index contributed by atoms with van der Waals surface area (Å²) in [5.41, 5.74) is 1.72. The number of fused-ring (bicyclic) bond motifs is 1. The second-order valence-electron chi connectivity index (χ2n) is 7.01. The second-order valence-corrected chi connectivity index (χ2v) is 7.01. The Bertz CT molecular complexity index is 921. The Hall–Kier alpha value is -2.71. The Balaban J connectivity index is 1.29. The molecule has 0 unspecified atom stereocenters. The van der Waals surface area contributed by atoms with Crippen molar-refractivity contribution < 1.29 is 14.2 Å². The Morgan fingerprint density at radius 3 is 2.82 bits per heavy atom. The number of imidazole rings is 1. The lowest BCUT2D eigenvalue weighted by molar-refractivity contribution is 0.188. The van der Waals surface area contributed by atoms with Crippen molar-refractivity contribution in [1.29, 1.82) is 0 Å². The van der Waals surface area contributed by atoms with E-state index in [1.165, 1.54) is 12.1 Å². The average molecular weight is 385 g/mol. The van der Waals surface area contributed by atoms with Crippen LogP contribution in [0.3, 0.4) is 0 Å². The zero-order valence-corrected chi connectivity index (χ0v) is 15.8. The van der Waals surface area contributed by atoms with Gasteiger partial charge >= 0.3 is 0 Å². The highest BCUT2D eigenvalue weighted by molar-refractivity contribution is 5.22. The van der Waals surface area contributed by atoms with Crippen molar-refractivity contribution in [3.8, 4) is 5.75 Å². The summed E-state index contributed by atoms with van der Waals surface area (Å²) in [6.07, 6.45) is 3.54. The molecular weight excluding hydrogens is 361 g/mol. The summed E-state index contributed by atoms with van der Waals surface area (Å²) >= 11 is 0. The summed E-state index contributed by atoms with van der Waals surface area (Å²) in [4.78, 5) is 6.56. The fourth-order valence-electron chi connectivity index (χ4n) is 3.45. The van der Waals surface area contributed by atoms with Gasteiger partial charge in [-0.25, -0.2) is 9.37 Å². The number of hydrogen-bond acceptors (Lipinski definition) is 5. The molecule has 1 atom stereocenters. The van der Waals surface area contributed by atoms with Gasteiger partial charge in [0.25, 0.3) is 0 Å². The minimum absolute atomic E-state index is 0.260. The van der Waals surface area contributed by atoms with E-state index < -0.39 is 6.10 Å². The van der Waals surface area contributed by atoms with Crippen molar-refractivity contribution in [3.63, 3.8) is 0 Å². The molecule has 8 heteroatoms. The number of aliphatic hydroxyl groups excluding tert-OH is 1. The number of aliphatic hydroxyl groups is 1. The van der Waals surface area contributed by atoms with Crippen LogP contribution in [0.4, 0.5) is 4.39 Å². The van der Waals surface area contributed by atoms with Crippen molar-refractivity contribution in [2.24, 2.45) is 7.05 Å². The van der Waals surface area contributed by atoms with Crippen molar-refractivity contribution in [3.05, 3.63) is 65.8 Å². The number of nitrogens with zero attached hydrogens (tertiary/aromatic N) is 5. The summed E-state index contributed by atoms with van der Waals surface area (Å²) in [6, 6.07) is 8.04. The van der Waals surface area contributed by atoms with Crippen LogP contribution >= 0.6 is 0 Å². The van der Waals surface area contributed by atoms with Crippen LogP contribution in [0.15, 0.2) is 42.7 Å². The van der Waals surface area contributed by atoms with Crippen LogP contribution in [-0.4, -0.2) is 49.0 Å². The van der Waals surface area contributed by atoms with Crippen LogP contribution in [0.25, 0.3) is 0 Å². The van der Waals surface area contributed by atoms with Crippen LogP contribution in [-0.2, 0) is 20.1 Å². The highest BCUT2D eigenvalue weighted by Crippen LogP contribution is 2.22. The first-order valence-electron chi connectivity index (χ1n) is 9.43. The predicted molar refractivity (Wildman–Crippen MR) is 101 cm³/mol. The van der Waals surface area contributed by atoms with E-state index in [0.717, 1.165) is 38.3 Å². The van der Waals surface area contributed by atoms with Crippen LogP contribution in [0.1, 0.15) is 29.7 Å². The largest absolute Gasteiger partial charge is 0.494 e. The smallest absolute Gasteiger partial charge is 0.155 e. The first-order valence-corrected chi connectivity index (χ1v) is 9.43. The summed E-state index contributed by atoms with van der Waals surface area (Å²) in [6.45, 7) is 3.98. The Kier molecular flexibility index (Phi) is 5.40. The lowest BCUT2D eigenvalue weighted by atomic mass is 10.2. The van der Waals surface area contributed by atoms with Gasteiger partial charge in [0.2, 0.25) is 0 Å². The zero-order valence-electron chi connectivity index (χ0n) is 15.8. The molecule has 0 saturated heterocycles. The monoisotopic (exact) mass is 385 g/mol. The molecule has 0 radical (unpaired) electrons. The van der Waals surface area contributed by atoms with Crippen molar-refractivity contribution in [1.82, 2.24) is 24.2 Å². The van der Waals surface area contributed by atoms with E-state index in [1.807, 2.05) is 24.0 Å². The molecule has 4 rings (SSSR count). The van der Waals surface area contributed by atoms with Gasteiger partial charge in [0.05, 0.1) is 24.5 Å². The molecule has 0 amide bonds. The number of ether oxygens (including phenoxy) is 1. The van der Waals surface area contributed by atoms with E-state index in [-0.39, 0.29) is 5.82 Å². The minimum atomic E-state index is -0.823. The molecular formula is C20H24FN5O2. The molecule has 148 valence electrons. The highest BCUT2D eigenvalue weighted by atomic mass is 19.1. The minimum Gasteiger partial charge on any atom is -0.494 e. The maximum atomic E-state index is 12.9. The van der Waals surface area contributed by atoms with Gasteiger partial charge in [-0.1, -0.05) is 0 Å². The van der Waals surface area contributed by atoms with E-state index in [4.69, 9.17) is 4.74 Å². The third-order valence-corrected chi connectivity index (χ3v) is 4.98. The molecule has 0 fully saturated rings. The summed E-state index contributed by atoms with van der Waals surface area (Å²) in [5, 5.41) is 15.1. The van der Waals surface area contributed by atoms with Gasteiger partial charge in [-0.3, -0.25) is 9.58 Å².